The van der Waals surface area contributed by atoms with Crippen LogP contribution < -0.4 is 5.32 Å². The molecule has 0 amide bonds. The highest BCUT2D eigenvalue weighted by Gasteiger charge is 2.20. The van der Waals surface area contributed by atoms with Gasteiger partial charge in [0.1, 0.15) is 13.0 Å². The highest BCUT2D eigenvalue weighted by atomic mass is 19.1. The number of aliphatic hydroxyl groups excluding tert-OH is 2. The van der Waals surface area contributed by atoms with Gasteiger partial charge in [0, 0.05) is 19.0 Å². The van der Waals surface area contributed by atoms with E-state index < -0.39 is 18.9 Å². The summed E-state index contributed by atoms with van der Waals surface area (Å²) in [4.78, 5) is 19.7. The molecule has 1 unspecified atom stereocenters. The second kappa shape index (κ2) is 12.4. The number of carbonyl (C=O) groups is 1. The molecule has 28 heavy (non-hydrogen) atoms. The number of nitrogens with one attached hydrogen (secondary N) is 1. The first kappa shape index (κ1) is 23.9. The lowest BCUT2D eigenvalue weighted by Crippen LogP contribution is -2.19. The van der Waals surface area contributed by atoms with Crippen LogP contribution in [0.5, 0.6) is 0 Å². The van der Waals surface area contributed by atoms with E-state index in [9.17, 15) is 19.4 Å². The molecule has 0 aromatic carbocycles. The van der Waals surface area contributed by atoms with Crippen LogP contribution in [-0.2, 0) is 11.2 Å². The van der Waals surface area contributed by atoms with Gasteiger partial charge < -0.3 is 20.3 Å². The van der Waals surface area contributed by atoms with E-state index in [0.717, 1.165) is 16.8 Å². The molecule has 0 bridgehead atoms. The van der Waals surface area contributed by atoms with Crippen molar-refractivity contribution in [2.24, 2.45) is 0 Å². The van der Waals surface area contributed by atoms with Gasteiger partial charge in [-0.25, -0.2) is 14.4 Å². The average Bonchev–Trinajstić information content (AvgIpc) is 2.66. The number of halogens is 1. The van der Waals surface area contributed by atoms with E-state index in [-0.39, 0.29) is 18.8 Å². The third kappa shape index (κ3) is 7.13. The number of aromatic nitrogens is 2. The molecule has 156 valence electrons. The zero-order valence-electron chi connectivity index (χ0n) is 17.2. The summed E-state index contributed by atoms with van der Waals surface area (Å²) in [5, 5.41) is 23.0. The fourth-order valence-electron chi connectivity index (χ4n) is 3.01. The Labute approximate surface area is 166 Å². The molecule has 1 rings (SSSR count). The Morgan fingerprint density at radius 3 is 2.50 bits per heavy atom. The first-order valence-electron chi connectivity index (χ1n) is 9.65. The van der Waals surface area contributed by atoms with E-state index in [1.54, 1.807) is 13.1 Å². The molecule has 0 radical (unpaired) electrons. The number of hydrogen-bond donors (Lipinski definition) is 3. The smallest absolute Gasteiger partial charge is 0.223 e. The van der Waals surface area contributed by atoms with Crippen molar-refractivity contribution in [3.63, 3.8) is 0 Å². The van der Waals surface area contributed by atoms with Crippen molar-refractivity contribution < 1.29 is 19.4 Å². The van der Waals surface area contributed by atoms with E-state index >= 15 is 0 Å². The maximum absolute atomic E-state index is 12.7. The molecule has 1 aromatic heterocycles. The van der Waals surface area contributed by atoms with Crippen LogP contribution in [0.15, 0.2) is 18.2 Å². The summed E-state index contributed by atoms with van der Waals surface area (Å²) in [5.41, 5.74) is 3.25. The Bertz CT molecular complexity index is 690. The lowest BCUT2D eigenvalue weighted by molar-refractivity contribution is -0.109. The molecule has 6 nitrogen and oxygen atoms in total. The minimum absolute atomic E-state index is 0.0102. The Morgan fingerprint density at radius 1 is 1.25 bits per heavy atom. The van der Waals surface area contributed by atoms with Gasteiger partial charge in [0.15, 0.2) is 0 Å². The maximum atomic E-state index is 12.7. The molecule has 0 aliphatic carbocycles. The fraction of sp³-hybridized carbons (Fsp3) is 0.571. The van der Waals surface area contributed by atoms with E-state index in [4.69, 9.17) is 0 Å². The molecule has 0 fully saturated rings. The molecule has 7 heteroatoms. The van der Waals surface area contributed by atoms with Crippen molar-refractivity contribution in [3.05, 3.63) is 35.2 Å². The molecular formula is C21H32FN3O3. The predicted octanol–water partition coefficient (Wildman–Crippen LogP) is 3.20. The minimum atomic E-state index is -0.849. The van der Waals surface area contributed by atoms with Crippen LogP contribution in [0.2, 0.25) is 0 Å². The summed E-state index contributed by atoms with van der Waals surface area (Å²) in [7, 11) is 1.74. The van der Waals surface area contributed by atoms with Gasteiger partial charge in [-0.15, -0.1) is 0 Å². The van der Waals surface area contributed by atoms with Crippen LogP contribution in [-0.4, -0.2) is 52.4 Å². The summed E-state index contributed by atoms with van der Waals surface area (Å²) < 4.78 is 12.7. The Balaban J connectivity index is 3.25. The van der Waals surface area contributed by atoms with Gasteiger partial charge in [0.2, 0.25) is 5.95 Å². The van der Waals surface area contributed by atoms with Crippen LogP contribution in [0.4, 0.5) is 10.3 Å². The molecule has 1 aromatic rings. The van der Waals surface area contributed by atoms with Crippen molar-refractivity contribution in [1.82, 2.24) is 9.97 Å². The molecule has 0 aliphatic heterocycles. The number of aldehydes is 1. The number of carbonyl (C=O) groups excluding carboxylic acids is 1. The number of hydrogen-bond acceptors (Lipinski definition) is 6. The van der Waals surface area contributed by atoms with Crippen LogP contribution in [0.3, 0.4) is 0 Å². The van der Waals surface area contributed by atoms with Gasteiger partial charge in [-0.1, -0.05) is 32.1 Å². The number of anilines is 1. The number of nitrogens with zero attached hydrogens (tertiary/aromatic N) is 2. The van der Waals surface area contributed by atoms with Gasteiger partial charge in [-0.05, 0) is 37.7 Å². The van der Waals surface area contributed by atoms with Crippen molar-refractivity contribution >= 4 is 17.8 Å². The lowest BCUT2D eigenvalue weighted by Gasteiger charge is -2.20. The Morgan fingerprint density at radius 2 is 1.96 bits per heavy atom. The second-order valence-electron chi connectivity index (χ2n) is 6.95. The molecule has 3 N–H and O–H groups in total. The van der Waals surface area contributed by atoms with Crippen LogP contribution in [0.1, 0.15) is 62.9 Å². The van der Waals surface area contributed by atoms with E-state index in [2.05, 4.69) is 15.3 Å². The van der Waals surface area contributed by atoms with Gasteiger partial charge in [0.05, 0.1) is 23.6 Å². The molecule has 2 atom stereocenters. The van der Waals surface area contributed by atoms with Gasteiger partial charge in [-0.2, -0.15) is 0 Å². The quantitative estimate of drug-likeness (QED) is 0.373. The summed E-state index contributed by atoms with van der Waals surface area (Å²) in [6.45, 7) is 5.36. The molecular weight excluding hydrogens is 361 g/mol. The zero-order chi connectivity index (χ0) is 21.1. The van der Waals surface area contributed by atoms with Crippen molar-refractivity contribution in [3.8, 4) is 0 Å². The van der Waals surface area contributed by atoms with Crippen LogP contribution in [0.25, 0.3) is 5.57 Å². The minimum Gasteiger partial charge on any atom is -0.393 e. The number of alkyl halides is 1. The topological polar surface area (TPSA) is 95.3 Å². The fourth-order valence-corrected chi connectivity index (χ4v) is 3.01. The van der Waals surface area contributed by atoms with Crippen molar-refractivity contribution in [1.29, 1.82) is 0 Å². The van der Waals surface area contributed by atoms with Crippen LogP contribution in [0, 0.1) is 0 Å². The van der Waals surface area contributed by atoms with E-state index in [1.807, 2.05) is 26.8 Å². The summed E-state index contributed by atoms with van der Waals surface area (Å²) in [6.07, 6.45) is 5.09. The summed E-state index contributed by atoms with van der Waals surface area (Å²) in [5.74, 6) is 0.613. The zero-order valence-corrected chi connectivity index (χ0v) is 17.2. The molecule has 0 saturated carbocycles. The number of aliphatic hydroxyl groups is 2. The lowest BCUT2D eigenvalue weighted by atomic mass is 9.93. The standard InChI is InChI=1S/C21H32FN3O3/c1-5-15(7-6-11-22)20-18(9-8-16(27)13-17(28)10-12-26)19(14(2)3)24-21(23-4)25-20/h5-7,12,14,16-17,27-28H,8-11,13H2,1-4H3,(H,23,24,25)/b7-6-,15-5+/t16-,17?/m1/s1. The van der Waals surface area contributed by atoms with E-state index in [1.165, 1.54) is 6.08 Å². The molecule has 0 saturated heterocycles. The van der Waals surface area contributed by atoms with Crippen LogP contribution >= 0.6 is 0 Å². The van der Waals surface area contributed by atoms with Crippen molar-refractivity contribution in [2.45, 2.75) is 64.6 Å². The van der Waals surface area contributed by atoms with Gasteiger partial charge >= 0.3 is 0 Å². The normalized spacial score (nSPS) is 14.5. The third-order valence-corrected chi connectivity index (χ3v) is 4.42. The maximum Gasteiger partial charge on any atom is 0.223 e. The predicted molar refractivity (Wildman–Crippen MR) is 110 cm³/mol. The monoisotopic (exact) mass is 393 g/mol. The highest BCUT2D eigenvalue weighted by molar-refractivity contribution is 5.74. The average molecular weight is 394 g/mol. The SMILES string of the molecule is C/C=C(\C=C/CF)c1nc(NC)nc(C(C)C)c1CC[C@@H](O)CC(O)CC=O. The number of allylic oxidation sites excluding steroid dienone is 4. The highest BCUT2D eigenvalue weighted by Crippen LogP contribution is 2.29. The molecule has 1 heterocycles. The second-order valence-corrected chi connectivity index (χ2v) is 6.95. The first-order valence-corrected chi connectivity index (χ1v) is 9.65. The van der Waals surface area contributed by atoms with Crippen molar-refractivity contribution in [2.75, 3.05) is 19.0 Å². The Hall–Kier alpha value is -2.12. The third-order valence-electron chi connectivity index (χ3n) is 4.42. The molecule has 0 spiro atoms. The largest absolute Gasteiger partial charge is 0.393 e. The number of rotatable bonds is 12. The van der Waals surface area contributed by atoms with Gasteiger partial charge in [-0.3, -0.25) is 0 Å². The molecule has 0 aliphatic rings. The summed E-state index contributed by atoms with van der Waals surface area (Å²) in [6, 6.07) is 0. The summed E-state index contributed by atoms with van der Waals surface area (Å²) >= 11 is 0. The Kier molecular flexibility index (Phi) is 10.6. The van der Waals surface area contributed by atoms with Gasteiger partial charge in [0.25, 0.3) is 0 Å². The van der Waals surface area contributed by atoms with E-state index in [0.29, 0.717) is 30.8 Å². The first-order chi connectivity index (χ1) is 13.4.